The third-order valence-electron chi connectivity index (χ3n) is 4.22. The van der Waals surface area contributed by atoms with Crippen molar-refractivity contribution in [3.8, 4) is 5.75 Å². The van der Waals surface area contributed by atoms with Crippen LogP contribution in [0.1, 0.15) is 12.5 Å². The maximum Gasteiger partial charge on any atom is 0.315 e. The number of urea groups is 1. The quantitative estimate of drug-likeness (QED) is 0.850. The summed E-state index contributed by atoms with van der Waals surface area (Å²) in [6.07, 6.45) is 0.868. The van der Waals surface area contributed by atoms with E-state index in [1.165, 1.54) is 5.56 Å². The fraction of sp³-hybridized carbons (Fsp3) is 0.588. The summed E-state index contributed by atoms with van der Waals surface area (Å²) in [4.78, 5) is 14.3. The molecule has 0 unspecified atom stereocenters. The van der Waals surface area contributed by atoms with Crippen LogP contribution in [0.2, 0.25) is 0 Å². The van der Waals surface area contributed by atoms with Gasteiger partial charge in [0, 0.05) is 32.1 Å². The fourth-order valence-electron chi connectivity index (χ4n) is 3.07. The summed E-state index contributed by atoms with van der Waals surface area (Å²) in [5.74, 6) is 0.931. The first-order valence-corrected chi connectivity index (χ1v) is 8.30. The van der Waals surface area contributed by atoms with E-state index >= 15 is 0 Å². The average Bonchev–Trinajstić information content (AvgIpc) is 2.96. The molecule has 2 aliphatic heterocycles. The summed E-state index contributed by atoms with van der Waals surface area (Å²) in [6.45, 7) is 6.81. The zero-order chi connectivity index (χ0) is 16.1. The second-order valence-electron chi connectivity index (χ2n) is 6.22. The Bertz CT molecular complexity index is 507. The molecule has 0 aromatic heterocycles. The summed E-state index contributed by atoms with van der Waals surface area (Å²) in [5, 5.41) is 5.89. The van der Waals surface area contributed by atoms with Gasteiger partial charge in [0.15, 0.2) is 0 Å². The number of fused-ring (bicyclic) bond motifs is 1. The minimum absolute atomic E-state index is 0.0210. The van der Waals surface area contributed by atoms with Gasteiger partial charge >= 0.3 is 6.03 Å². The Morgan fingerprint density at radius 3 is 2.91 bits per heavy atom. The number of carbonyl (C=O) groups excluding carboxylic acids is 1. The van der Waals surface area contributed by atoms with Crippen LogP contribution in [0, 0.1) is 0 Å². The number of nitrogens with zero attached hydrogens (tertiary/aromatic N) is 1. The first kappa shape index (κ1) is 16.1. The van der Waals surface area contributed by atoms with Crippen molar-refractivity contribution in [3.63, 3.8) is 0 Å². The number of ether oxygens (including phenoxy) is 2. The van der Waals surface area contributed by atoms with Crippen LogP contribution in [0.5, 0.6) is 5.75 Å². The predicted octanol–water partition coefficient (Wildman–Crippen LogP) is 1.01. The Hall–Kier alpha value is -1.79. The van der Waals surface area contributed by atoms with Crippen LogP contribution >= 0.6 is 0 Å². The lowest BCUT2D eigenvalue weighted by Crippen LogP contribution is -2.49. The number of para-hydroxylation sites is 1. The zero-order valence-electron chi connectivity index (χ0n) is 13.6. The zero-order valence-corrected chi connectivity index (χ0v) is 13.6. The molecule has 0 spiro atoms. The molecule has 126 valence electrons. The van der Waals surface area contributed by atoms with Crippen molar-refractivity contribution in [3.05, 3.63) is 29.8 Å². The van der Waals surface area contributed by atoms with E-state index in [2.05, 4.69) is 21.6 Å². The Morgan fingerprint density at radius 2 is 2.13 bits per heavy atom. The second-order valence-corrected chi connectivity index (χ2v) is 6.22. The summed E-state index contributed by atoms with van der Waals surface area (Å²) < 4.78 is 11.1. The Kier molecular flexibility index (Phi) is 5.35. The third-order valence-corrected chi connectivity index (χ3v) is 4.22. The van der Waals surface area contributed by atoms with Crippen LogP contribution in [0.25, 0.3) is 0 Å². The Morgan fingerprint density at radius 1 is 1.35 bits per heavy atom. The van der Waals surface area contributed by atoms with Crippen LogP contribution in [-0.2, 0) is 11.2 Å². The summed E-state index contributed by atoms with van der Waals surface area (Å²) in [7, 11) is 0. The number of morpholine rings is 1. The molecule has 1 aromatic rings. The van der Waals surface area contributed by atoms with E-state index in [-0.39, 0.29) is 18.2 Å². The maximum absolute atomic E-state index is 12.0. The summed E-state index contributed by atoms with van der Waals surface area (Å²) in [6, 6.07) is 7.99. The van der Waals surface area contributed by atoms with Crippen LogP contribution in [0.15, 0.2) is 24.3 Å². The van der Waals surface area contributed by atoms with E-state index in [1.54, 1.807) is 0 Å². The molecule has 3 rings (SSSR count). The molecule has 0 radical (unpaired) electrons. The lowest BCUT2D eigenvalue weighted by atomic mass is 10.1. The molecule has 0 bridgehead atoms. The van der Waals surface area contributed by atoms with Gasteiger partial charge in [0.1, 0.15) is 11.9 Å². The lowest BCUT2D eigenvalue weighted by Gasteiger charge is -2.29. The molecule has 1 saturated heterocycles. The van der Waals surface area contributed by atoms with Gasteiger partial charge in [0.2, 0.25) is 0 Å². The van der Waals surface area contributed by atoms with Crippen molar-refractivity contribution in [1.82, 2.24) is 15.5 Å². The molecule has 1 aromatic carbocycles. The maximum atomic E-state index is 12.0. The SMILES string of the molecule is C[C@H](CN1CCOCC1)NC(=O)NC[C@H]1Cc2ccccc2O1. The molecule has 2 heterocycles. The van der Waals surface area contributed by atoms with Gasteiger partial charge in [-0.25, -0.2) is 4.79 Å². The van der Waals surface area contributed by atoms with Gasteiger partial charge in [0.05, 0.1) is 19.8 Å². The largest absolute Gasteiger partial charge is 0.488 e. The highest BCUT2D eigenvalue weighted by Crippen LogP contribution is 2.27. The lowest BCUT2D eigenvalue weighted by molar-refractivity contribution is 0.0349. The molecule has 1 fully saturated rings. The van der Waals surface area contributed by atoms with Crippen LogP contribution in [0.3, 0.4) is 0 Å². The van der Waals surface area contributed by atoms with Crippen molar-refractivity contribution in [2.45, 2.75) is 25.5 Å². The number of carbonyl (C=O) groups is 1. The molecule has 2 amide bonds. The highest BCUT2D eigenvalue weighted by molar-refractivity contribution is 5.74. The summed E-state index contributed by atoms with van der Waals surface area (Å²) in [5.41, 5.74) is 1.21. The van der Waals surface area contributed by atoms with Crippen LogP contribution in [-0.4, -0.2) is 62.5 Å². The van der Waals surface area contributed by atoms with Crippen molar-refractivity contribution in [2.75, 3.05) is 39.4 Å². The molecular formula is C17H25N3O3. The standard InChI is InChI=1S/C17H25N3O3/c1-13(12-20-6-8-22-9-7-20)19-17(21)18-11-15-10-14-4-2-3-5-16(14)23-15/h2-5,13,15H,6-12H2,1H3,(H2,18,19,21)/t13-,15-/m1/s1. The molecule has 2 aliphatic rings. The molecule has 23 heavy (non-hydrogen) atoms. The topological polar surface area (TPSA) is 62.8 Å². The molecule has 2 N–H and O–H groups in total. The van der Waals surface area contributed by atoms with E-state index in [9.17, 15) is 4.79 Å². The normalized spacial score (nSPS) is 22.0. The van der Waals surface area contributed by atoms with Crippen LogP contribution in [0.4, 0.5) is 4.79 Å². The first-order chi connectivity index (χ1) is 11.2. The number of hydrogen-bond acceptors (Lipinski definition) is 4. The second kappa shape index (κ2) is 7.66. The molecule has 6 nitrogen and oxygen atoms in total. The Labute approximate surface area is 137 Å². The van der Waals surface area contributed by atoms with Gasteiger partial charge in [-0.1, -0.05) is 18.2 Å². The van der Waals surface area contributed by atoms with Gasteiger partial charge in [-0.3, -0.25) is 4.90 Å². The van der Waals surface area contributed by atoms with Crippen molar-refractivity contribution >= 4 is 6.03 Å². The van der Waals surface area contributed by atoms with Crippen molar-refractivity contribution in [2.24, 2.45) is 0 Å². The van der Waals surface area contributed by atoms with E-state index in [0.29, 0.717) is 6.54 Å². The molecular weight excluding hydrogens is 294 g/mol. The smallest absolute Gasteiger partial charge is 0.315 e. The first-order valence-electron chi connectivity index (χ1n) is 8.30. The van der Waals surface area contributed by atoms with Crippen LogP contribution < -0.4 is 15.4 Å². The van der Waals surface area contributed by atoms with Gasteiger partial charge in [-0.05, 0) is 18.6 Å². The van der Waals surface area contributed by atoms with E-state index in [1.807, 2.05) is 25.1 Å². The average molecular weight is 319 g/mol. The van der Waals surface area contributed by atoms with E-state index in [0.717, 1.165) is 45.0 Å². The molecule has 0 aliphatic carbocycles. The molecule has 2 atom stereocenters. The number of nitrogens with one attached hydrogen (secondary N) is 2. The number of rotatable bonds is 5. The van der Waals surface area contributed by atoms with Crippen molar-refractivity contribution < 1.29 is 14.3 Å². The molecule has 6 heteroatoms. The van der Waals surface area contributed by atoms with Gasteiger partial charge < -0.3 is 20.1 Å². The fourth-order valence-corrected chi connectivity index (χ4v) is 3.07. The molecule has 0 saturated carbocycles. The van der Waals surface area contributed by atoms with Gasteiger partial charge in [-0.15, -0.1) is 0 Å². The monoisotopic (exact) mass is 319 g/mol. The van der Waals surface area contributed by atoms with E-state index < -0.39 is 0 Å². The minimum Gasteiger partial charge on any atom is -0.488 e. The summed E-state index contributed by atoms with van der Waals surface area (Å²) >= 11 is 0. The minimum atomic E-state index is -0.134. The number of benzene rings is 1. The van der Waals surface area contributed by atoms with Crippen molar-refractivity contribution in [1.29, 1.82) is 0 Å². The predicted molar refractivity (Wildman–Crippen MR) is 87.8 cm³/mol. The highest BCUT2D eigenvalue weighted by Gasteiger charge is 2.23. The Balaban J connectivity index is 1.35. The third kappa shape index (κ3) is 4.59. The van der Waals surface area contributed by atoms with Gasteiger partial charge in [-0.2, -0.15) is 0 Å². The number of amides is 2. The van der Waals surface area contributed by atoms with E-state index in [4.69, 9.17) is 9.47 Å². The number of hydrogen-bond donors (Lipinski definition) is 2. The highest BCUT2D eigenvalue weighted by atomic mass is 16.5. The van der Waals surface area contributed by atoms with Gasteiger partial charge in [0.25, 0.3) is 0 Å².